The molecule has 39 heavy (non-hydrogen) atoms. The predicted molar refractivity (Wildman–Crippen MR) is 151 cm³/mol. The van der Waals surface area contributed by atoms with Crippen molar-refractivity contribution < 1.29 is 14.6 Å². The SMILES string of the molecule is CC(C)C[C@H](C(=O)N1CCN(c2ccc(-c3cc(OCC(C)(C)O)cn4ncc(C#N)c34)cn2)CC1)N(C)C. The van der Waals surface area contributed by atoms with E-state index in [4.69, 9.17) is 9.72 Å². The van der Waals surface area contributed by atoms with Gasteiger partial charge in [-0.2, -0.15) is 10.4 Å². The van der Waals surface area contributed by atoms with Gasteiger partial charge in [-0.25, -0.2) is 9.50 Å². The van der Waals surface area contributed by atoms with Crippen molar-refractivity contribution >= 4 is 17.2 Å². The molecule has 4 rings (SSSR count). The van der Waals surface area contributed by atoms with Crippen molar-refractivity contribution in [1.29, 1.82) is 5.26 Å². The van der Waals surface area contributed by atoms with Gasteiger partial charge in [-0.15, -0.1) is 0 Å². The molecule has 0 aliphatic carbocycles. The van der Waals surface area contributed by atoms with Crippen LogP contribution in [0.1, 0.15) is 39.7 Å². The molecule has 208 valence electrons. The summed E-state index contributed by atoms with van der Waals surface area (Å²) in [5, 5.41) is 24.0. The van der Waals surface area contributed by atoms with Crippen molar-refractivity contribution in [3.8, 4) is 22.9 Å². The molecule has 1 aliphatic rings. The van der Waals surface area contributed by atoms with E-state index in [0.717, 1.165) is 23.4 Å². The van der Waals surface area contributed by atoms with E-state index in [1.807, 2.05) is 42.1 Å². The molecular formula is C29H39N7O3. The maximum absolute atomic E-state index is 13.2. The molecular weight excluding hydrogens is 494 g/mol. The third-order valence-electron chi connectivity index (χ3n) is 6.88. The molecule has 3 aromatic rings. The van der Waals surface area contributed by atoms with E-state index >= 15 is 0 Å². The molecule has 4 heterocycles. The van der Waals surface area contributed by atoms with Crippen LogP contribution in [0.25, 0.3) is 16.6 Å². The number of pyridine rings is 2. The highest BCUT2D eigenvalue weighted by molar-refractivity contribution is 5.85. The van der Waals surface area contributed by atoms with E-state index in [1.165, 1.54) is 6.20 Å². The van der Waals surface area contributed by atoms with Gasteiger partial charge in [0.15, 0.2) is 0 Å². The highest BCUT2D eigenvalue weighted by atomic mass is 16.5. The maximum atomic E-state index is 13.2. The summed E-state index contributed by atoms with van der Waals surface area (Å²) in [6.45, 7) is 10.5. The van der Waals surface area contributed by atoms with Crippen LogP contribution in [0.4, 0.5) is 5.82 Å². The van der Waals surface area contributed by atoms with Gasteiger partial charge in [0.05, 0.1) is 35.1 Å². The number of rotatable bonds is 9. The first-order chi connectivity index (χ1) is 18.5. The number of amides is 1. The van der Waals surface area contributed by atoms with Crippen LogP contribution in [0.3, 0.4) is 0 Å². The Morgan fingerprint density at radius 3 is 2.49 bits per heavy atom. The minimum absolute atomic E-state index is 0.101. The fourth-order valence-corrected chi connectivity index (χ4v) is 4.82. The number of likely N-dealkylation sites (N-methyl/N-ethyl adjacent to an activating group) is 1. The number of aromatic nitrogens is 3. The third kappa shape index (κ3) is 6.67. The van der Waals surface area contributed by atoms with Gasteiger partial charge in [0.1, 0.15) is 24.2 Å². The Balaban J connectivity index is 1.51. The van der Waals surface area contributed by atoms with Gasteiger partial charge >= 0.3 is 0 Å². The number of piperazine rings is 1. The largest absolute Gasteiger partial charge is 0.489 e. The summed E-state index contributed by atoms with van der Waals surface area (Å²) < 4.78 is 7.45. The van der Waals surface area contributed by atoms with Crippen molar-refractivity contribution in [2.75, 3.05) is 51.8 Å². The van der Waals surface area contributed by atoms with Crippen molar-refractivity contribution in [3.05, 3.63) is 42.4 Å². The molecule has 0 unspecified atom stereocenters. The molecule has 1 amide bonds. The van der Waals surface area contributed by atoms with Crippen molar-refractivity contribution in [2.24, 2.45) is 5.92 Å². The molecule has 1 atom stereocenters. The number of fused-ring (bicyclic) bond motifs is 1. The fraction of sp³-hybridized carbons (Fsp3) is 0.517. The number of nitriles is 1. The molecule has 0 aromatic carbocycles. The van der Waals surface area contributed by atoms with Gasteiger partial charge in [0, 0.05) is 43.5 Å². The molecule has 0 saturated carbocycles. The summed E-state index contributed by atoms with van der Waals surface area (Å²) in [4.78, 5) is 24.1. The number of hydrogen-bond acceptors (Lipinski definition) is 8. The second-order valence-electron chi connectivity index (χ2n) is 11.5. The average molecular weight is 534 g/mol. The molecule has 1 N–H and O–H groups in total. The van der Waals surface area contributed by atoms with Crippen molar-refractivity contribution in [3.63, 3.8) is 0 Å². The maximum Gasteiger partial charge on any atom is 0.240 e. The number of carbonyl (C=O) groups excluding carboxylic acids is 1. The molecule has 1 saturated heterocycles. The van der Waals surface area contributed by atoms with Crippen molar-refractivity contribution in [2.45, 2.75) is 45.8 Å². The first kappa shape index (κ1) is 28.3. The molecule has 0 bridgehead atoms. The molecule has 0 spiro atoms. The normalized spacial score (nSPS) is 15.2. The quantitative estimate of drug-likeness (QED) is 0.447. The van der Waals surface area contributed by atoms with Crippen LogP contribution >= 0.6 is 0 Å². The summed E-state index contributed by atoms with van der Waals surface area (Å²) in [5.41, 5.74) is 1.73. The van der Waals surface area contributed by atoms with Crippen LogP contribution in [0.2, 0.25) is 0 Å². The Morgan fingerprint density at radius 2 is 1.92 bits per heavy atom. The van der Waals surface area contributed by atoms with Crippen LogP contribution in [0.15, 0.2) is 36.8 Å². The van der Waals surface area contributed by atoms with E-state index in [0.29, 0.717) is 48.9 Å². The van der Waals surface area contributed by atoms with Gasteiger partial charge in [-0.05, 0) is 58.5 Å². The molecule has 10 heteroatoms. The van der Waals surface area contributed by atoms with Crippen LogP contribution in [-0.2, 0) is 4.79 Å². The average Bonchev–Trinajstić information content (AvgIpc) is 3.32. The summed E-state index contributed by atoms with van der Waals surface area (Å²) in [6, 6.07) is 7.91. The lowest BCUT2D eigenvalue weighted by Crippen LogP contribution is -2.54. The Kier molecular flexibility index (Phi) is 8.42. The smallest absolute Gasteiger partial charge is 0.240 e. The predicted octanol–water partition coefficient (Wildman–Crippen LogP) is 3.04. The van der Waals surface area contributed by atoms with E-state index in [1.54, 1.807) is 30.8 Å². The highest BCUT2D eigenvalue weighted by Crippen LogP contribution is 2.31. The Bertz CT molecular complexity index is 1330. The Labute approximate surface area is 230 Å². The summed E-state index contributed by atoms with van der Waals surface area (Å²) in [6.07, 6.45) is 5.87. The molecule has 3 aromatic heterocycles. The van der Waals surface area contributed by atoms with Crippen molar-refractivity contribution in [1.82, 2.24) is 24.4 Å². The van der Waals surface area contributed by atoms with Gasteiger partial charge in [-0.1, -0.05) is 13.8 Å². The zero-order valence-corrected chi connectivity index (χ0v) is 23.8. The summed E-state index contributed by atoms with van der Waals surface area (Å²) in [7, 11) is 3.94. The number of aliphatic hydroxyl groups is 1. The van der Waals surface area contributed by atoms with Crippen LogP contribution in [0.5, 0.6) is 5.75 Å². The number of ether oxygens (including phenoxy) is 1. The Morgan fingerprint density at radius 1 is 1.21 bits per heavy atom. The lowest BCUT2D eigenvalue weighted by molar-refractivity contribution is -0.137. The zero-order valence-electron chi connectivity index (χ0n) is 23.8. The number of nitrogens with zero attached hydrogens (tertiary/aromatic N) is 7. The van der Waals surface area contributed by atoms with Crippen LogP contribution in [0, 0.1) is 17.2 Å². The van der Waals surface area contributed by atoms with Gasteiger partial charge in [0.25, 0.3) is 0 Å². The first-order valence-corrected chi connectivity index (χ1v) is 13.4. The molecule has 10 nitrogen and oxygen atoms in total. The highest BCUT2D eigenvalue weighted by Gasteiger charge is 2.29. The van der Waals surface area contributed by atoms with Gasteiger partial charge in [-0.3, -0.25) is 9.69 Å². The van der Waals surface area contributed by atoms with E-state index in [2.05, 4.69) is 29.9 Å². The second-order valence-corrected chi connectivity index (χ2v) is 11.5. The minimum Gasteiger partial charge on any atom is -0.489 e. The van der Waals surface area contributed by atoms with Crippen LogP contribution < -0.4 is 9.64 Å². The lowest BCUT2D eigenvalue weighted by Gasteiger charge is -2.38. The third-order valence-corrected chi connectivity index (χ3v) is 6.88. The number of anilines is 1. The van der Waals surface area contributed by atoms with Gasteiger partial charge in [0.2, 0.25) is 5.91 Å². The fourth-order valence-electron chi connectivity index (χ4n) is 4.82. The zero-order chi connectivity index (χ0) is 28.3. The van der Waals surface area contributed by atoms with E-state index < -0.39 is 5.60 Å². The number of hydrogen-bond donors (Lipinski definition) is 1. The van der Waals surface area contributed by atoms with Crippen LogP contribution in [-0.4, -0.2) is 93.9 Å². The molecule has 1 fully saturated rings. The summed E-state index contributed by atoms with van der Waals surface area (Å²) >= 11 is 0. The first-order valence-electron chi connectivity index (χ1n) is 13.4. The topological polar surface area (TPSA) is 110 Å². The standard InChI is InChI=1S/C29H39N7O3/c1-20(2)13-25(33(5)6)28(37)35-11-9-34(10-12-35)26-8-7-21(16-31-26)24-14-23(39-19-29(3,4)38)18-36-27(24)22(15-30)17-32-36/h7-8,14,16-18,20,25,38H,9-13,19H2,1-6H3/t25-/m1/s1. The monoisotopic (exact) mass is 533 g/mol. The lowest BCUT2D eigenvalue weighted by atomic mass is 10.0. The second kappa shape index (κ2) is 11.6. The number of carbonyl (C=O) groups is 1. The summed E-state index contributed by atoms with van der Waals surface area (Å²) in [5.74, 6) is 2.02. The minimum atomic E-state index is -0.989. The Hall–Kier alpha value is -3.68. The molecule has 0 radical (unpaired) electrons. The van der Waals surface area contributed by atoms with Gasteiger partial charge < -0.3 is 19.6 Å². The van der Waals surface area contributed by atoms with E-state index in [9.17, 15) is 15.2 Å². The molecule has 1 aliphatic heterocycles. The van der Waals surface area contributed by atoms with E-state index in [-0.39, 0.29) is 18.6 Å².